The van der Waals surface area contributed by atoms with Crippen molar-refractivity contribution in [1.82, 2.24) is 9.80 Å². The number of amides is 1. The summed E-state index contributed by atoms with van der Waals surface area (Å²) >= 11 is 0. The molecule has 0 radical (unpaired) electrons. The maximum absolute atomic E-state index is 12.3. The molecule has 4 unspecified atom stereocenters. The Morgan fingerprint density at radius 2 is 1.70 bits per heavy atom. The Labute approximate surface area is 188 Å². The molecule has 0 bridgehead atoms. The first-order chi connectivity index (χ1) is 15.4. The highest BCUT2D eigenvalue weighted by Gasteiger charge is 2.49. The number of carbonyl (C=O) groups excluding carboxylic acids is 1. The summed E-state index contributed by atoms with van der Waals surface area (Å²) in [6.45, 7) is -0.747. The van der Waals surface area contributed by atoms with E-state index in [-0.39, 0.29) is 6.54 Å². The zero-order chi connectivity index (χ0) is 24.4. The number of phosphoric ester groups is 1. The summed E-state index contributed by atoms with van der Waals surface area (Å²) in [4.78, 5) is 41.1. The number of hydrogen-bond acceptors (Lipinski definition) is 10. The third-order valence-corrected chi connectivity index (χ3v) is 7.10. The van der Waals surface area contributed by atoms with Crippen LogP contribution < -0.4 is 0 Å². The fourth-order valence-corrected chi connectivity index (χ4v) is 4.97. The predicted octanol–water partition coefficient (Wildman–Crippen LogP) is -1.16. The van der Waals surface area contributed by atoms with Crippen LogP contribution in [-0.4, -0.2) is 89.8 Å². The first-order valence-electron chi connectivity index (χ1n) is 9.62. The Hall–Kier alpha value is -1.67. The Morgan fingerprint density at radius 3 is 2.33 bits per heavy atom. The van der Waals surface area contributed by atoms with E-state index < -0.39 is 59.1 Å². The molecule has 0 spiro atoms. The average Bonchev–Trinajstić information content (AvgIpc) is 3.00. The number of phosphoric acid groups is 2. The van der Waals surface area contributed by atoms with Gasteiger partial charge >= 0.3 is 15.6 Å². The van der Waals surface area contributed by atoms with Gasteiger partial charge < -0.3 is 39.6 Å². The summed E-state index contributed by atoms with van der Waals surface area (Å²) in [5.41, 5.74) is 0.925. The van der Waals surface area contributed by atoms with Crippen LogP contribution in [0.5, 0.6) is 0 Å². The van der Waals surface area contributed by atoms with Gasteiger partial charge in [0, 0.05) is 18.8 Å². The Morgan fingerprint density at radius 1 is 1.03 bits per heavy atom. The van der Waals surface area contributed by atoms with Gasteiger partial charge in [0.05, 0.1) is 6.61 Å². The quantitative estimate of drug-likeness (QED) is 0.217. The minimum atomic E-state index is -5.34. The first-order valence-corrected chi connectivity index (χ1v) is 12.6. The fourth-order valence-electron chi connectivity index (χ4n) is 3.37. The number of nitrogens with zero attached hydrogens (tertiary/aromatic N) is 2. The average molecular weight is 510 g/mol. The van der Waals surface area contributed by atoms with Crippen molar-refractivity contribution >= 4 is 21.6 Å². The topological polar surface area (TPSA) is 207 Å². The van der Waals surface area contributed by atoms with Gasteiger partial charge in [-0.2, -0.15) is 4.31 Å². The van der Waals surface area contributed by atoms with Crippen molar-refractivity contribution < 1.29 is 57.5 Å². The van der Waals surface area contributed by atoms with Crippen LogP contribution in [0.4, 0.5) is 0 Å². The SMILES string of the molecule is O=C1C=CN([C@@H]2O[C@H](COP(=O)(O)OP(=O)(O)O)C(O)C2O)C(O)N1CCc1ccccc1. The lowest BCUT2D eigenvalue weighted by atomic mass is 10.1. The minimum Gasteiger partial charge on any atom is -0.387 e. The van der Waals surface area contributed by atoms with E-state index in [0.29, 0.717) is 6.42 Å². The molecule has 6 N–H and O–H groups in total. The van der Waals surface area contributed by atoms with Gasteiger partial charge in [-0.05, 0) is 12.0 Å². The summed E-state index contributed by atoms with van der Waals surface area (Å²) in [7, 11) is -10.5. The molecule has 14 nitrogen and oxygen atoms in total. The van der Waals surface area contributed by atoms with Gasteiger partial charge in [-0.25, -0.2) is 9.13 Å². The van der Waals surface area contributed by atoms with Gasteiger partial charge in [0.25, 0.3) is 5.91 Å². The molecule has 0 aliphatic carbocycles. The molecule has 0 aromatic heterocycles. The van der Waals surface area contributed by atoms with Gasteiger partial charge in [-0.15, -0.1) is 0 Å². The van der Waals surface area contributed by atoms with Gasteiger partial charge in [0.2, 0.25) is 6.35 Å². The summed E-state index contributed by atoms with van der Waals surface area (Å²) in [5.74, 6) is -0.488. The molecule has 1 saturated heterocycles. The summed E-state index contributed by atoms with van der Waals surface area (Å²) in [6, 6.07) is 9.22. The molecule has 1 fully saturated rings. The predicted molar refractivity (Wildman–Crippen MR) is 108 cm³/mol. The van der Waals surface area contributed by atoms with Crippen LogP contribution in [0.15, 0.2) is 42.6 Å². The van der Waals surface area contributed by atoms with Crippen molar-refractivity contribution in [1.29, 1.82) is 0 Å². The van der Waals surface area contributed by atoms with E-state index in [1.807, 2.05) is 30.3 Å². The number of aliphatic hydroxyl groups excluding tert-OH is 3. The second kappa shape index (κ2) is 10.3. The van der Waals surface area contributed by atoms with Gasteiger partial charge in [-0.1, -0.05) is 30.3 Å². The van der Waals surface area contributed by atoms with Gasteiger partial charge in [0.1, 0.15) is 18.3 Å². The third-order valence-electron chi connectivity index (χ3n) is 4.94. The van der Waals surface area contributed by atoms with Crippen LogP contribution in [0.2, 0.25) is 0 Å². The molecule has 0 saturated carbocycles. The van der Waals surface area contributed by atoms with E-state index in [4.69, 9.17) is 14.5 Å². The second-order valence-electron chi connectivity index (χ2n) is 7.26. The molecule has 6 atom stereocenters. The smallest absolute Gasteiger partial charge is 0.387 e. The summed E-state index contributed by atoms with van der Waals surface area (Å²) < 4.78 is 35.8. The lowest BCUT2D eigenvalue weighted by Crippen LogP contribution is -2.57. The van der Waals surface area contributed by atoms with E-state index in [1.165, 1.54) is 6.20 Å². The highest BCUT2D eigenvalue weighted by Crippen LogP contribution is 2.57. The largest absolute Gasteiger partial charge is 0.481 e. The standard InChI is InChI=1S/C17H24N2O12P2/c20-13-7-9-19(17(23)18(13)8-6-11-4-2-1-3-5-11)16-15(22)14(21)12(30-16)10-29-33(27,28)31-32(24,25)26/h1-5,7,9,12,14-17,21-23H,6,8,10H2,(H,27,28)(H2,24,25,26)/t12-,14?,15?,16-,17?/m1/s1. The van der Waals surface area contributed by atoms with Crippen molar-refractivity contribution in [2.45, 2.75) is 37.3 Å². The monoisotopic (exact) mass is 510 g/mol. The molecule has 16 heteroatoms. The number of hydrogen-bond donors (Lipinski definition) is 6. The highest BCUT2D eigenvalue weighted by atomic mass is 31.3. The van der Waals surface area contributed by atoms with E-state index in [2.05, 4.69) is 8.83 Å². The molecule has 184 valence electrons. The molecule has 1 aromatic carbocycles. The molecule has 2 heterocycles. The van der Waals surface area contributed by atoms with E-state index in [0.717, 1.165) is 21.4 Å². The van der Waals surface area contributed by atoms with Crippen molar-refractivity contribution in [2.75, 3.05) is 13.2 Å². The maximum atomic E-state index is 12.3. The Kier molecular flexibility index (Phi) is 8.10. The van der Waals surface area contributed by atoms with Crippen LogP contribution in [0, 0.1) is 0 Å². The molecular formula is C17H24N2O12P2. The summed E-state index contributed by atoms with van der Waals surface area (Å²) in [6.07, 6.45) is -4.92. The minimum absolute atomic E-state index is 0.135. The number of aliphatic hydroxyl groups is 3. The highest BCUT2D eigenvalue weighted by molar-refractivity contribution is 7.60. The molecule has 3 rings (SSSR count). The molecule has 1 amide bonds. The third kappa shape index (κ3) is 6.69. The van der Waals surface area contributed by atoms with Crippen LogP contribution in [0.1, 0.15) is 5.56 Å². The van der Waals surface area contributed by atoms with E-state index in [1.54, 1.807) is 0 Å². The van der Waals surface area contributed by atoms with Crippen molar-refractivity contribution in [2.24, 2.45) is 0 Å². The van der Waals surface area contributed by atoms with E-state index in [9.17, 15) is 34.1 Å². The van der Waals surface area contributed by atoms with Crippen molar-refractivity contribution in [3.8, 4) is 0 Å². The number of rotatable bonds is 9. The van der Waals surface area contributed by atoms with Crippen molar-refractivity contribution in [3.63, 3.8) is 0 Å². The Balaban J connectivity index is 1.64. The number of ether oxygens (including phenoxy) is 1. The zero-order valence-electron chi connectivity index (χ0n) is 17.0. The molecular weight excluding hydrogens is 486 g/mol. The lowest BCUT2D eigenvalue weighted by molar-refractivity contribution is -0.189. The maximum Gasteiger partial charge on any atom is 0.481 e. The molecule has 2 aliphatic rings. The normalized spacial score (nSPS) is 30.0. The molecule has 2 aliphatic heterocycles. The molecule has 1 aromatic rings. The van der Waals surface area contributed by atoms with E-state index >= 15 is 0 Å². The van der Waals surface area contributed by atoms with Crippen LogP contribution in [0.3, 0.4) is 0 Å². The van der Waals surface area contributed by atoms with Crippen LogP contribution in [-0.2, 0) is 33.9 Å². The number of carbonyl (C=O) groups is 1. The fraction of sp³-hybridized carbons (Fsp3) is 0.471. The van der Waals surface area contributed by atoms with Crippen molar-refractivity contribution in [3.05, 3.63) is 48.2 Å². The lowest BCUT2D eigenvalue weighted by Gasteiger charge is -2.41. The first kappa shape index (κ1) is 25.9. The zero-order valence-corrected chi connectivity index (χ0v) is 18.8. The number of benzene rings is 1. The molecule has 33 heavy (non-hydrogen) atoms. The van der Waals surface area contributed by atoms with Gasteiger partial charge in [0.15, 0.2) is 6.23 Å². The second-order valence-corrected chi connectivity index (χ2v) is 10.1. The van der Waals surface area contributed by atoms with Crippen LogP contribution >= 0.6 is 15.6 Å². The Bertz CT molecular complexity index is 957. The van der Waals surface area contributed by atoms with Gasteiger partial charge in [-0.3, -0.25) is 14.2 Å². The summed E-state index contributed by atoms with van der Waals surface area (Å²) in [5, 5.41) is 31.3. The van der Waals surface area contributed by atoms with Crippen LogP contribution in [0.25, 0.3) is 0 Å².